The molecule has 0 radical (unpaired) electrons. The molecular weight excluding hydrogens is 260 g/mol. The van der Waals surface area contributed by atoms with Gasteiger partial charge in [0.25, 0.3) is 0 Å². The minimum Gasteiger partial charge on any atom is -0.384 e. The van der Waals surface area contributed by atoms with Crippen molar-refractivity contribution in [3.05, 3.63) is 65.2 Å². The molecule has 3 nitrogen and oxygen atoms in total. The van der Waals surface area contributed by atoms with E-state index in [1.54, 1.807) is 0 Å². The fourth-order valence-corrected chi connectivity index (χ4v) is 2.28. The second kappa shape index (κ2) is 7.48. The summed E-state index contributed by atoms with van der Waals surface area (Å²) in [7, 11) is 0. The molecule has 0 atom stereocenters. The Kier molecular flexibility index (Phi) is 5.38. The van der Waals surface area contributed by atoms with Crippen molar-refractivity contribution < 1.29 is 4.79 Å². The zero-order valence-corrected chi connectivity index (χ0v) is 12.6. The molecule has 2 N–H and O–H groups in total. The lowest BCUT2D eigenvalue weighted by Gasteiger charge is -2.12. The highest BCUT2D eigenvalue weighted by Crippen LogP contribution is 2.18. The lowest BCUT2D eigenvalue weighted by Crippen LogP contribution is -2.25. The van der Waals surface area contributed by atoms with Gasteiger partial charge < -0.3 is 10.6 Å². The van der Waals surface area contributed by atoms with Gasteiger partial charge in [-0.25, -0.2) is 0 Å². The number of rotatable bonds is 6. The standard InChI is InChI=1S/C18H22N2O/c1-14-7-6-8-15(2)18(14)19-12-11-17(21)20-13-16-9-4-3-5-10-16/h3-10,19H,11-13H2,1-2H3,(H,20,21). The van der Waals surface area contributed by atoms with Gasteiger partial charge in [0.05, 0.1) is 0 Å². The van der Waals surface area contributed by atoms with Crippen LogP contribution in [-0.2, 0) is 11.3 Å². The van der Waals surface area contributed by atoms with Crippen LogP contribution >= 0.6 is 0 Å². The predicted molar refractivity (Wildman–Crippen MR) is 87.3 cm³/mol. The van der Waals surface area contributed by atoms with E-state index in [1.807, 2.05) is 36.4 Å². The van der Waals surface area contributed by atoms with E-state index in [2.05, 4.69) is 36.6 Å². The molecule has 0 aliphatic rings. The zero-order chi connectivity index (χ0) is 15.1. The molecule has 0 heterocycles. The molecule has 0 fully saturated rings. The SMILES string of the molecule is Cc1cccc(C)c1NCCC(=O)NCc1ccccc1. The topological polar surface area (TPSA) is 41.1 Å². The lowest BCUT2D eigenvalue weighted by molar-refractivity contribution is -0.121. The van der Waals surface area contributed by atoms with Crippen molar-refractivity contribution >= 4 is 11.6 Å². The summed E-state index contributed by atoms with van der Waals surface area (Å²) in [4.78, 5) is 11.8. The summed E-state index contributed by atoms with van der Waals surface area (Å²) < 4.78 is 0. The minimum atomic E-state index is 0.0672. The van der Waals surface area contributed by atoms with Crippen molar-refractivity contribution in [3.63, 3.8) is 0 Å². The third-order valence-electron chi connectivity index (χ3n) is 3.47. The first kappa shape index (κ1) is 15.1. The minimum absolute atomic E-state index is 0.0672. The summed E-state index contributed by atoms with van der Waals surface area (Å²) in [6.07, 6.45) is 0.473. The first-order valence-corrected chi connectivity index (χ1v) is 7.27. The van der Waals surface area contributed by atoms with Gasteiger partial charge in [-0.2, -0.15) is 0 Å². The van der Waals surface area contributed by atoms with Crippen LogP contribution in [0.15, 0.2) is 48.5 Å². The number of amides is 1. The van der Waals surface area contributed by atoms with Crippen LogP contribution in [0.5, 0.6) is 0 Å². The molecule has 0 aliphatic carbocycles. The van der Waals surface area contributed by atoms with Gasteiger partial charge in [0.15, 0.2) is 0 Å². The van der Waals surface area contributed by atoms with Gasteiger partial charge in [0, 0.05) is 25.2 Å². The Morgan fingerprint density at radius 1 is 0.952 bits per heavy atom. The summed E-state index contributed by atoms with van der Waals surface area (Å²) in [5.41, 5.74) is 4.67. The maximum absolute atomic E-state index is 11.8. The van der Waals surface area contributed by atoms with Crippen LogP contribution < -0.4 is 10.6 Å². The number of para-hydroxylation sites is 1. The van der Waals surface area contributed by atoms with E-state index in [-0.39, 0.29) is 5.91 Å². The Morgan fingerprint density at radius 3 is 2.29 bits per heavy atom. The Labute approximate surface area is 126 Å². The average molecular weight is 282 g/mol. The average Bonchev–Trinajstić information content (AvgIpc) is 2.49. The van der Waals surface area contributed by atoms with Crippen LogP contribution in [0.2, 0.25) is 0 Å². The molecule has 0 spiro atoms. The van der Waals surface area contributed by atoms with Gasteiger partial charge in [-0.05, 0) is 30.5 Å². The van der Waals surface area contributed by atoms with Crippen molar-refractivity contribution in [1.82, 2.24) is 5.32 Å². The van der Waals surface area contributed by atoms with E-state index in [4.69, 9.17) is 0 Å². The van der Waals surface area contributed by atoms with Crippen molar-refractivity contribution in [1.29, 1.82) is 0 Å². The molecule has 3 heteroatoms. The van der Waals surface area contributed by atoms with Gasteiger partial charge in [-0.15, -0.1) is 0 Å². The quantitative estimate of drug-likeness (QED) is 0.852. The van der Waals surface area contributed by atoms with Crippen molar-refractivity contribution in [2.75, 3.05) is 11.9 Å². The number of anilines is 1. The second-order valence-corrected chi connectivity index (χ2v) is 5.21. The molecule has 0 saturated heterocycles. The maximum atomic E-state index is 11.8. The highest BCUT2D eigenvalue weighted by molar-refractivity contribution is 5.76. The summed E-state index contributed by atoms with van der Waals surface area (Å²) in [5, 5.41) is 6.28. The number of carbonyl (C=O) groups excluding carboxylic acids is 1. The van der Waals surface area contributed by atoms with Crippen LogP contribution in [0, 0.1) is 13.8 Å². The molecular formula is C18H22N2O. The molecule has 0 aliphatic heterocycles. The first-order chi connectivity index (χ1) is 10.2. The van der Waals surface area contributed by atoms with Gasteiger partial charge >= 0.3 is 0 Å². The number of carbonyl (C=O) groups is 1. The summed E-state index contributed by atoms with van der Waals surface area (Å²) in [6.45, 7) is 5.38. The van der Waals surface area contributed by atoms with E-state index in [0.717, 1.165) is 11.3 Å². The number of benzene rings is 2. The molecule has 2 rings (SSSR count). The molecule has 0 aromatic heterocycles. The summed E-state index contributed by atoms with van der Waals surface area (Å²) in [6, 6.07) is 16.1. The van der Waals surface area contributed by atoms with Crippen molar-refractivity contribution in [2.45, 2.75) is 26.8 Å². The van der Waals surface area contributed by atoms with Gasteiger partial charge in [0.1, 0.15) is 0 Å². The Bertz CT molecular complexity index is 573. The van der Waals surface area contributed by atoms with E-state index < -0.39 is 0 Å². The highest BCUT2D eigenvalue weighted by Gasteiger charge is 2.04. The predicted octanol–water partition coefficient (Wildman–Crippen LogP) is 3.42. The van der Waals surface area contributed by atoms with E-state index in [0.29, 0.717) is 19.5 Å². The molecule has 0 saturated carbocycles. The summed E-state index contributed by atoms with van der Waals surface area (Å²) >= 11 is 0. The normalized spacial score (nSPS) is 10.2. The van der Waals surface area contributed by atoms with Crippen LogP contribution in [-0.4, -0.2) is 12.5 Å². The third kappa shape index (κ3) is 4.63. The van der Waals surface area contributed by atoms with Crippen LogP contribution in [0.25, 0.3) is 0 Å². The fourth-order valence-electron chi connectivity index (χ4n) is 2.28. The third-order valence-corrected chi connectivity index (χ3v) is 3.47. The Hall–Kier alpha value is -2.29. The smallest absolute Gasteiger partial charge is 0.222 e. The number of hydrogen-bond acceptors (Lipinski definition) is 2. The summed E-state index contributed by atoms with van der Waals surface area (Å²) in [5.74, 6) is 0.0672. The number of nitrogens with one attached hydrogen (secondary N) is 2. The maximum Gasteiger partial charge on any atom is 0.222 e. The molecule has 2 aromatic rings. The van der Waals surface area contributed by atoms with E-state index in [1.165, 1.54) is 11.1 Å². The van der Waals surface area contributed by atoms with Crippen LogP contribution in [0.1, 0.15) is 23.1 Å². The molecule has 110 valence electrons. The first-order valence-electron chi connectivity index (χ1n) is 7.27. The van der Waals surface area contributed by atoms with Crippen molar-refractivity contribution in [3.8, 4) is 0 Å². The molecule has 21 heavy (non-hydrogen) atoms. The molecule has 0 unspecified atom stereocenters. The lowest BCUT2D eigenvalue weighted by atomic mass is 10.1. The molecule has 2 aromatic carbocycles. The van der Waals surface area contributed by atoms with Crippen LogP contribution in [0.4, 0.5) is 5.69 Å². The van der Waals surface area contributed by atoms with Gasteiger partial charge in [-0.1, -0.05) is 48.5 Å². The fraction of sp³-hybridized carbons (Fsp3) is 0.278. The Balaban J connectivity index is 1.75. The second-order valence-electron chi connectivity index (χ2n) is 5.21. The monoisotopic (exact) mass is 282 g/mol. The van der Waals surface area contributed by atoms with Gasteiger partial charge in [0.2, 0.25) is 5.91 Å². The molecule has 0 bridgehead atoms. The largest absolute Gasteiger partial charge is 0.384 e. The zero-order valence-electron chi connectivity index (χ0n) is 12.6. The van der Waals surface area contributed by atoms with E-state index >= 15 is 0 Å². The Morgan fingerprint density at radius 2 is 1.62 bits per heavy atom. The highest BCUT2D eigenvalue weighted by atomic mass is 16.1. The van der Waals surface area contributed by atoms with Crippen molar-refractivity contribution in [2.24, 2.45) is 0 Å². The van der Waals surface area contributed by atoms with Crippen LogP contribution in [0.3, 0.4) is 0 Å². The molecule has 1 amide bonds. The van der Waals surface area contributed by atoms with E-state index in [9.17, 15) is 4.79 Å². The van der Waals surface area contributed by atoms with Gasteiger partial charge in [-0.3, -0.25) is 4.79 Å². The number of hydrogen-bond donors (Lipinski definition) is 2. The number of aryl methyl sites for hydroxylation is 2.